The van der Waals surface area contributed by atoms with Gasteiger partial charge in [0.1, 0.15) is 17.1 Å². The van der Waals surface area contributed by atoms with Crippen molar-refractivity contribution in [1.82, 2.24) is 14.9 Å². The first-order valence-corrected chi connectivity index (χ1v) is 9.86. The van der Waals surface area contributed by atoms with Gasteiger partial charge in [0.25, 0.3) is 0 Å². The predicted molar refractivity (Wildman–Crippen MR) is 98.2 cm³/mol. The Bertz CT molecular complexity index is 893. The molecule has 0 bridgehead atoms. The van der Waals surface area contributed by atoms with Crippen molar-refractivity contribution in [2.45, 2.75) is 57.0 Å². The lowest BCUT2D eigenvalue weighted by atomic mass is 9.92. The summed E-state index contributed by atoms with van der Waals surface area (Å²) in [6.45, 7) is 1.45. The Hall–Kier alpha value is -1.97. The SMILES string of the molecule is Cc1nc2c(Br)cc(OC3CCC(N4C[C@@H](C(F)(F)F)OC4=O)CC3)cc2[nH]1. The van der Waals surface area contributed by atoms with Crippen molar-refractivity contribution in [2.24, 2.45) is 0 Å². The Kier molecular flexibility index (Phi) is 4.93. The fraction of sp³-hybridized carbons (Fsp3) is 0.556. The van der Waals surface area contributed by atoms with Gasteiger partial charge < -0.3 is 19.4 Å². The maximum absolute atomic E-state index is 12.8. The molecule has 0 unspecified atom stereocenters. The number of hydrogen-bond donors (Lipinski definition) is 1. The third-order valence-corrected chi connectivity index (χ3v) is 5.83. The molecular formula is C18H19BrF3N3O3. The fourth-order valence-electron chi connectivity index (χ4n) is 3.86. The van der Waals surface area contributed by atoms with Crippen LogP contribution in [0, 0.1) is 6.92 Å². The number of fused-ring (bicyclic) bond motifs is 1. The normalized spacial score (nSPS) is 26.0. The number of carbonyl (C=O) groups excluding carboxylic acids is 1. The van der Waals surface area contributed by atoms with E-state index in [0.29, 0.717) is 31.4 Å². The van der Waals surface area contributed by atoms with Gasteiger partial charge in [-0.25, -0.2) is 9.78 Å². The van der Waals surface area contributed by atoms with E-state index in [4.69, 9.17) is 4.74 Å². The van der Waals surface area contributed by atoms with Crippen molar-refractivity contribution in [2.75, 3.05) is 6.54 Å². The van der Waals surface area contributed by atoms with Crippen LogP contribution in [0.5, 0.6) is 5.75 Å². The number of nitrogens with one attached hydrogen (secondary N) is 1. The Morgan fingerprint density at radius 1 is 1.29 bits per heavy atom. The number of halogens is 4. The van der Waals surface area contributed by atoms with Gasteiger partial charge in [-0.2, -0.15) is 13.2 Å². The van der Waals surface area contributed by atoms with E-state index in [2.05, 4.69) is 30.6 Å². The highest BCUT2D eigenvalue weighted by Crippen LogP contribution is 2.35. The first-order valence-electron chi connectivity index (χ1n) is 9.07. The highest BCUT2D eigenvalue weighted by atomic mass is 79.9. The number of aromatic amines is 1. The number of aryl methyl sites for hydroxylation is 1. The molecule has 1 saturated carbocycles. The minimum absolute atomic E-state index is 0.0540. The van der Waals surface area contributed by atoms with E-state index in [-0.39, 0.29) is 12.1 Å². The molecule has 28 heavy (non-hydrogen) atoms. The summed E-state index contributed by atoms with van der Waals surface area (Å²) in [5.74, 6) is 1.51. The van der Waals surface area contributed by atoms with E-state index < -0.39 is 24.9 Å². The van der Waals surface area contributed by atoms with Crippen LogP contribution in [0.4, 0.5) is 18.0 Å². The molecule has 2 heterocycles. The van der Waals surface area contributed by atoms with Crippen molar-refractivity contribution < 1.29 is 27.4 Å². The molecule has 2 aliphatic rings. The van der Waals surface area contributed by atoms with E-state index in [1.165, 1.54) is 4.90 Å². The standard InChI is InChI=1S/C18H19BrF3N3O3/c1-9-23-14-7-12(6-13(19)16(14)24-9)27-11-4-2-10(3-5-11)25-8-15(18(20,21)22)28-17(25)26/h6-7,10-11,15H,2-5,8H2,1H3,(H,23,24)/t10?,11?,15-/m0/s1. The molecule has 1 aliphatic carbocycles. The zero-order valence-corrected chi connectivity index (χ0v) is 16.6. The molecule has 2 aromatic rings. The lowest BCUT2D eigenvalue weighted by molar-refractivity contribution is -0.192. The van der Waals surface area contributed by atoms with Gasteiger partial charge in [0.05, 0.1) is 18.2 Å². The largest absolute Gasteiger partial charge is 0.490 e. The van der Waals surface area contributed by atoms with Crippen LogP contribution in [-0.2, 0) is 4.74 Å². The van der Waals surface area contributed by atoms with Gasteiger partial charge in [0, 0.05) is 16.6 Å². The monoisotopic (exact) mass is 461 g/mol. The van der Waals surface area contributed by atoms with Gasteiger partial charge in [-0.1, -0.05) is 0 Å². The Morgan fingerprint density at radius 2 is 2.00 bits per heavy atom. The molecule has 0 radical (unpaired) electrons. The molecule has 4 rings (SSSR count). The number of H-pyrrole nitrogens is 1. The van der Waals surface area contributed by atoms with Crippen molar-refractivity contribution in [3.63, 3.8) is 0 Å². The van der Waals surface area contributed by atoms with E-state index in [1.807, 2.05) is 19.1 Å². The molecule has 1 saturated heterocycles. The average molecular weight is 462 g/mol. The van der Waals surface area contributed by atoms with Crippen LogP contribution in [0.15, 0.2) is 16.6 Å². The second kappa shape index (κ2) is 7.13. The summed E-state index contributed by atoms with van der Waals surface area (Å²) in [5.41, 5.74) is 1.70. The number of benzene rings is 1. The second-order valence-electron chi connectivity index (χ2n) is 7.24. The van der Waals surface area contributed by atoms with Crippen LogP contribution in [0.2, 0.25) is 0 Å². The molecule has 1 amide bonds. The average Bonchev–Trinajstić information content (AvgIpc) is 3.18. The van der Waals surface area contributed by atoms with Gasteiger partial charge in [-0.15, -0.1) is 0 Å². The Morgan fingerprint density at radius 3 is 2.64 bits per heavy atom. The van der Waals surface area contributed by atoms with E-state index >= 15 is 0 Å². The number of cyclic esters (lactones) is 1. The molecule has 1 N–H and O–H groups in total. The molecule has 152 valence electrons. The first kappa shape index (κ1) is 19.4. The molecule has 1 aromatic heterocycles. The van der Waals surface area contributed by atoms with Crippen molar-refractivity contribution in [3.05, 3.63) is 22.4 Å². The molecule has 0 spiro atoms. The molecule has 10 heteroatoms. The summed E-state index contributed by atoms with van der Waals surface area (Å²) in [6, 6.07) is 3.50. The third-order valence-electron chi connectivity index (χ3n) is 5.22. The Labute approximate surface area is 167 Å². The van der Waals surface area contributed by atoms with Crippen LogP contribution in [0.1, 0.15) is 31.5 Å². The first-order chi connectivity index (χ1) is 13.2. The Balaban J connectivity index is 1.36. The van der Waals surface area contributed by atoms with Crippen molar-refractivity contribution >= 4 is 33.1 Å². The number of carbonyl (C=O) groups is 1. The van der Waals surface area contributed by atoms with E-state index in [1.54, 1.807) is 0 Å². The summed E-state index contributed by atoms with van der Waals surface area (Å²) in [5, 5.41) is 0. The maximum Gasteiger partial charge on any atom is 0.427 e. The van der Waals surface area contributed by atoms with Gasteiger partial charge in [-0.05, 0) is 54.6 Å². The molecular weight excluding hydrogens is 443 g/mol. The molecule has 1 atom stereocenters. The third kappa shape index (κ3) is 3.78. The van der Waals surface area contributed by atoms with E-state index in [0.717, 1.165) is 21.3 Å². The minimum atomic E-state index is -4.53. The van der Waals surface area contributed by atoms with Crippen molar-refractivity contribution in [3.8, 4) is 5.75 Å². The van der Waals surface area contributed by atoms with E-state index in [9.17, 15) is 18.0 Å². The van der Waals surface area contributed by atoms with Crippen LogP contribution < -0.4 is 4.74 Å². The lowest BCUT2D eigenvalue weighted by Gasteiger charge is -2.33. The summed E-state index contributed by atoms with van der Waals surface area (Å²) >= 11 is 3.50. The summed E-state index contributed by atoms with van der Waals surface area (Å²) in [4.78, 5) is 20.6. The van der Waals surface area contributed by atoms with Gasteiger partial charge in [-0.3, -0.25) is 0 Å². The molecule has 1 aliphatic heterocycles. The van der Waals surface area contributed by atoms with Gasteiger partial charge >= 0.3 is 12.3 Å². The number of ether oxygens (including phenoxy) is 2. The maximum atomic E-state index is 12.8. The number of rotatable bonds is 3. The number of aromatic nitrogens is 2. The fourth-order valence-corrected chi connectivity index (χ4v) is 4.39. The van der Waals surface area contributed by atoms with Gasteiger partial charge in [0.15, 0.2) is 0 Å². The highest BCUT2D eigenvalue weighted by Gasteiger charge is 2.51. The van der Waals surface area contributed by atoms with Crippen LogP contribution in [-0.4, -0.2) is 51.9 Å². The highest BCUT2D eigenvalue weighted by molar-refractivity contribution is 9.10. The lowest BCUT2D eigenvalue weighted by Crippen LogP contribution is -2.42. The quantitative estimate of drug-likeness (QED) is 0.718. The van der Waals surface area contributed by atoms with Crippen LogP contribution >= 0.6 is 15.9 Å². The summed E-state index contributed by atoms with van der Waals surface area (Å²) in [7, 11) is 0. The molecule has 6 nitrogen and oxygen atoms in total. The number of hydrogen-bond acceptors (Lipinski definition) is 4. The summed E-state index contributed by atoms with van der Waals surface area (Å²) in [6.07, 6.45) is -5.02. The predicted octanol–water partition coefficient (Wildman–Crippen LogP) is 4.71. The zero-order valence-electron chi connectivity index (χ0n) is 15.1. The van der Waals surface area contributed by atoms with Crippen molar-refractivity contribution in [1.29, 1.82) is 0 Å². The van der Waals surface area contributed by atoms with Gasteiger partial charge in [0.2, 0.25) is 6.10 Å². The molecule has 2 fully saturated rings. The smallest absolute Gasteiger partial charge is 0.427 e. The number of imidazole rings is 1. The van der Waals surface area contributed by atoms with Crippen LogP contribution in [0.25, 0.3) is 11.0 Å². The number of alkyl halides is 3. The van der Waals surface area contributed by atoms with Crippen LogP contribution in [0.3, 0.4) is 0 Å². The molecule has 1 aromatic carbocycles. The number of nitrogens with zero attached hydrogens (tertiary/aromatic N) is 2. The second-order valence-corrected chi connectivity index (χ2v) is 8.09. The topological polar surface area (TPSA) is 67.5 Å². The summed E-state index contributed by atoms with van der Waals surface area (Å²) < 4.78 is 49.8. The number of amides is 1. The zero-order chi connectivity index (χ0) is 20.1. The minimum Gasteiger partial charge on any atom is -0.490 e.